The molecular formula is C21H23N. The highest BCUT2D eigenvalue weighted by Crippen LogP contribution is 2.44. The molecule has 2 aromatic rings. The van der Waals surface area contributed by atoms with Crippen molar-refractivity contribution in [3.05, 3.63) is 71.8 Å². The van der Waals surface area contributed by atoms with Crippen LogP contribution >= 0.6 is 0 Å². The van der Waals surface area contributed by atoms with Crippen molar-refractivity contribution in [1.29, 1.82) is 0 Å². The Morgan fingerprint density at radius 2 is 1.77 bits per heavy atom. The molecule has 0 fully saturated rings. The van der Waals surface area contributed by atoms with E-state index in [0.717, 1.165) is 6.54 Å². The lowest BCUT2D eigenvalue weighted by atomic mass is 9.92. The first-order chi connectivity index (χ1) is 10.9. The predicted molar refractivity (Wildman–Crippen MR) is 94.2 cm³/mol. The van der Waals surface area contributed by atoms with Gasteiger partial charge in [0.05, 0.1) is 6.04 Å². The molecule has 0 saturated heterocycles. The average molecular weight is 289 g/mol. The summed E-state index contributed by atoms with van der Waals surface area (Å²) in [5, 5.41) is 0. The van der Waals surface area contributed by atoms with E-state index < -0.39 is 0 Å². The molecule has 1 aliphatic heterocycles. The molecule has 0 bridgehead atoms. The molecule has 0 aromatic heterocycles. The summed E-state index contributed by atoms with van der Waals surface area (Å²) in [6.07, 6.45) is 8.76. The van der Waals surface area contributed by atoms with Crippen molar-refractivity contribution in [3.63, 3.8) is 0 Å². The number of hydrogen-bond acceptors (Lipinski definition) is 1. The van der Waals surface area contributed by atoms with Gasteiger partial charge in [0.15, 0.2) is 0 Å². The molecule has 0 amide bonds. The Labute approximate surface area is 133 Å². The summed E-state index contributed by atoms with van der Waals surface area (Å²) in [6, 6.07) is 20.5. The van der Waals surface area contributed by atoms with E-state index >= 15 is 0 Å². The van der Waals surface area contributed by atoms with Crippen molar-refractivity contribution in [3.8, 4) is 0 Å². The molecule has 22 heavy (non-hydrogen) atoms. The number of anilines is 1. The zero-order valence-electron chi connectivity index (χ0n) is 13.0. The zero-order chi connectivity index (χ0) is 14.8. The lowest BCUT2D eigenvalue weighted by Crippen LogP contribution is -2.33. The van der Waals surface area contributed by atoms with Crippen LogP contribution in [0.4, 0.5) is 5.69 Å². The monoisotopic (exact) mass is 289 g/mol. The second-order valence-corrected chi connectivity index (χ2v) is 6.41. The van der Waals surface area contributed by atoms with Crippen molar-refractivity contribution in [2.45, 2.75) is 38.1 Å². The first kappa shape index (κ1) is 13.6. The van der Waals surface area contributed by atoms with Crippen LogP contribution in [0.5, 0.6) is 0 Å². The molecule has 1 aliphatic carbocycles. The maximum absolute atomic E-state index is 2.66. The minimum Gasteiger partial charge on any atom is -0.364 e. The van der Waals surface area contributed by atoms with Gasteiger partial charge in [-0.25, -0.2) is 0 Å². The van der Waals surface area contributed by atoms with Gasteiger partial charge in [-0.15, -0.1) is 0 Å². The third kappa shape index (κ3) is 2.45. The van der Waals surface area contributed by atoms with E-state index in [9.17, 15) is 0 Å². The molecule has 0 radical (unpaired) electrons. The molecule has 4 rings (SSSR count). The van der Waals surface area contributed by atoms with Gasteiger partial charge in [-0.1, -0.05) is 54.6 Å². The summed E-state index contributed by atoms with van der Waals surface area (Å²) in [4.78, 5) is 2.66. The topological polar surface area (TPSA) is 3.24 Å². The maximum atomic E-state index is 2.66. The van der Waals surface area contributed by atoms with Crippen molar-refractivity contribution in [1.82, 2.24) is 0 Å². The summed E-state index contributed by atoms with van der Waals surface area (Å²) in [5.74, 6) is 0. The number of benzene rings is 2. The van der Waals surface area contributed by atoms with Crippen LogP contribution in [0.2, 0.25) is 0 Å². The Morgan fingerprint density at radius 3 is 2.68 bits per heavy atom. The minimum absolute atomic E-state index is 0.627. The van der Waals surface area contributed by atoms with Gasteiger partial charge in [0.2, 0.25) is 0 Å². The van der Waals surface area contributed by atoms with E-state index in [4.69, 9.17) is 0 Å². The van der Waals surface area contributed by atoms with Gasteiger partial charge in [0.1, 0.15) is 0 Å². The molecule has 1 heteroatoms. The number of nitrogens with zero attached hydrogens (tertiary/aromatic N) is 1. The maximum Gasteiger partial charge on any atom is 0.0546 e. The summed E-state index contributed by atoms with van der Waals surface area (Å²) in [7, 11) is 0. The van der Waals surface area contributed by atoms with Gasteiger partial charge in [-0.2, -0.15) is 0 Å². The standard InChI is InChI=1S/C21H23N/c1-2-9-17(10-3-1)11-8-16-22-20-14-6-4-12-18(20)19-13-5-7-15-21(19)22/h1-4,6,9-10,12-14,21H,5,7-8,11,15-16H2. The summed E-state index contributed by atoms with van der Waals surface area (Å²) in [6.45, 7) is 1.16. The zero-order valence-corrected chi connectivity index (χ0v) is 13.0. The van der Waals surface area contributed by atoms with Crippen molar-refractivity contribution in [2.75, 3.05) is 11.4 Å². The second kappa shape index (κ2) is 6.00. The minimum atomic E-state index is 0.627. The molecule has 0 spiro atoms. The second-order valence-electron chi connectivity index (χ2n) is 6.41. The van der Waals surface area contributed by atoms with E-state index in [1.165, 1.54) is 48.9 Å². The summed E-state index contributed by atoms with van der Waals surface area (Å²) in [5.41, 5.74) is 5.97. The molecule has 1 unspecified atom stereocenters. The number of allylic oxidation sites excluding steroid dienone is 1. The molecule has 1 nitrogen and oxygen atoms in total. The van der Waals surface area contributed by atoms with Gasteiger partial charge in [0, 0.05) is 17.8 Å². The van der Waals surface area contributed by atoms with Gasteiger partial charge >= 0.3 is 0 Å². The fraction of sp³-hybridized carbons (Fsp3) is 0.333. The highest BCUT2D eigenvalue weighted by atomic mass is 15.2. The fourth-order valence-corrected chi connectivity index (χ4v) is 3.98. The number of para-hydroxylation sites is 1. The molecule has 2 aromatic carbocycles. The Kier molecular flexibility index (Phi) is 3.72. The Hall–Kier alpha value is -2.02. The third-order valence-electron chi connectivity index (χ3n) is 5.01. The van der Waals surface area contributed by atoms with Crippen molar-refractivity contribution in [2.24, 2.45) is 0 Å². The molecule has 2 aliphatic rings. The first-order valence-electron chi connectivity index (χ1n) is 8.53. The number of hydrogen-bond donors (Lipinski definition) is 0. The van der Waals surface area contributed by atoms with Crippen LogP contribution in [-0.2, 0) is 6.42 Å². The number of aryl methyl sites for hydroxylation is 1. The number of fused-ring (bicyclic) bond motifs is 3. The molecular weight excluding hydrogens is 266 g/mol. The highest BCUT2D eigenvalue weighted by Gasteiger charge is 2.33. The SMILES string of the molecule is C1=C2c3ccccc3N(CCCc3ccccc3)C2CCC1. The van der Waals surface area contributed by atoms with Crippen LogP contribution in [0.25, 0.3) is 5.57 Å². The quantitative estimate of drug-likeness (QED) is 0.759. The molecule has 1 atom stereocenters. The van der Waals surface area contributed by atoms with Crippen LogP contribution in [0.1, 0.15) is 36.8 Å². The first-order valence-corrected chi connectivity index (χ1v) is 8.53. The molecule has 112 valence electrons. The lowest BCUT2D eigenvalue weighted by Gasteiger charge is -2.30. The summed E-state index contributed by atoms with van der Waals surface area (Å²) < 4.78 is 0. The van der Waals surface area contributed by atoms with Crippen LogP contribution in [0, 0.1) is 0 Å². The van der Waals surface area contributed by atoms with Gasteiger partial charge in [-0.3, -0.25) is 0 Å². The largest absolute Gasteiger partial charge is 0.364 e. The van der Waals surface area contributed by atoms with Crippen molar-refractivity contribution >= 4 is 11.3 Å². The van der Waals surface area contributed by atoms with E-state index in [1.807, 2.05) is 0 Å². The van der Waals surface area contributed by atoms with Gasteiger partial charge in [-0.05, 0) is 49.3 Å². The van der Waals surface area contributed by atoms with Crippen LogP contribution in [-0.4, -0.2) is 12.6 Å². The summed E-state index contributed by atoms with van der Waals surface area (Å²) >= 11 is 0. The van der Waals surface area contributed by atoms with Crippen LogP contribution < -0.4 is 4.90 Å². The van der Waals surface area contributed by atoms with Gasteiger partial charge in [0.25, 0.3) is 0 Å². The molecule has 1 heterocycles. The molecule has 0 saturated carbocycles. The van der Waals surface area contributed by atoms with E-state index in [-0.39, 0.29) is 0 Å². The van der Waals surface area contributed by atoms with Crippen LogP contribution in [0.15, 0.2) is 60.7 Å². The Morgan fingerprint density at radius 1 is 0.955 bits per heavy atom. The van der Waals surface area contributed by atoms with Crippen LogP contribution in [0.3, 0.4) is 0 Å². The van der Waals surface area contributed by atoms with E-state index in [2.05, 4.69) is 65.6 Å². The van der Waals surface area contributed by atoms with E-state index in [1.54, 1.807) is 5.57 Å². The van der Waals surface area contributed by atoms with Crippen molar-refractivity contribution < 1.29 is 0 Å². The highest BCUT2D eigenvalue weighted by molar-refractivity contribution is 5.88. The predicted octanol–water partition coefficient (Wildman–Crippen LogP) is 5.08. The number of rotatable bonds is 4. The van der Waals surface area contributed by atoms with Gasteiger partial charge < -0.3 is 4.90 Å². The normalized spacial score (nSPS) is 19.5. The van der Waals surface area contributed by atoms with E-state index in [0.29, 0.717) is 6.04 Å². The third-order valence-corrected chi connectivity index (χ3v) is 5.01. The Balaban J connectivity index is 1.51. The molecule has 0 N–H and O–H groups in total. The Bertz CT molecular complexity index is 671. The lowest BCUT2D eigenvalue weighted by molar-refractivity contribution is 0.602. The average Bonchev–Trinajstić information content (AvgIpc) is 2.91. The fourth-order valence-electron chi connectivity index (χ4n) is 3.98. The smallest absolute Gasteiger partial charge is 0.0546 e.